The standard InChI is InChI=1S/C14H26O3/c1-3-8-14(2,13(16)17)10-12(15)9-11-6-4-5-7-11/h11-12,15H,3-10H2,1-2H3,(H,16,17). The molecule has 1 aliphatic rings. The molecule has 1 rings (SSSR count). The lowest BCUT2D eigenvalue weighted by molar-refractivity contribution is -0.150. The number of hydrogen-bond donors (Lipinski definition) is 2. The molecule has 0 aromatic carbocycles. The molecule has 0 amide bonds. The Hall–Kier alpha value is -0.570. The molecule has 3 heteroatoms. The molecule has 0 saturated heterocycles. The van der Waals surface area contributed by atoms with Crippen molar-refractivity contribution in [3.8, 4) is 0 Å². The van der Waals surface area contributed by atoms with E-state index in [1.54, 1.807) is 6.92 Å². The van der Waals surface area contributed by atoms with E-state index in [2.05, 4.69) is 0 Å². The van der Waals surface area contributed by atoms with Crippen LogP contribution >= 0.6 is 0 Å². The predicted molar refractivity (Wildman–Crippen MR) is 67.8 cm³/mol. The van der Waals surface area contributed by atoms with E-state index in [4.69, 9.17) is 0 Å². The summed E-state index contributed by atoms with van der Waals surface area (Å²) in [4.78, 5) is 11.3. The van der Waals surface area contributed by atoms with Crippen molar-refractivity contribution in [1.29, 1.82) is 0 Å². The highest BCUT2D eigenvalue weighted by Crippen LogP contribution is 2.34. The monoisotopic (exact) mass is 242 g/mol. The molecule has 0 bridgehead atoms. The van der Waals surface area contributed by atoms with Crippen LogP contribution in [0.1, 0.15) is 65.2 Å². The van der Waals surface area contributed by atoms with Crippen LogP contribution in [0.15, 0.2) is 0 Å². The zero-order valence-electron chi connectivity index (χ0n) is 11.1. The summed E-state index contributed by atoms with van der Waals surface area (Å²) in [5, 5.41) is 19.3. The van der Waals surface area contributed by atoms with Gasteiger partial charge in [0.05, 0.1) is 11.5 Å². The largest absolute Gasteiger partial charge is 0.481 e. The van der Waals surface area contributed by atoms with Gasteiger partial charge in [-0.2, -0.15) is 0 Å². The van der Waals surface area contributed by atoms with Gasteiger partial charge in [-0.25, -0.2) is 0 Å². The van der Waals surface area contributed by atoms with E-state index in [9.17, 15) is 15.0 Å². The maximum atomic E-state index is 11.3. The number of aliphatic hydroxyl groups is 1. The summed E-state index contributed by atoms with van der Waals surface area (Å²) in [6.07, 6.45) is 7.15. The van der Waals surface area contributed by atoms with Gasteiger partial charge < -0.3 is 10.2 Å². The second-order valence-electron chi connectivity index (χ2n) is 5.86. The third-order valence-corrected chi connectivity index (χ3v) is 4.08. The molecule has 0 spiro atoms. The van der Waals surface area contributed by atoms with Gasteiger partial charge in [-0.05, 0) is 32.1 Å². The van der Waals surface area contributed by atoms with Crippen LogP contribution < -0.4 is 0 Å². The summed E-state index contributed by atoms with van der Waals surface area (Å²) < 4.78 is 0. The first-order valence-corrected chi connectivity index (χ1v) is 6.89. The van der Waals surface area contributed by atoms with Crippen molar-refractivity contribution < 1.29 is 15.0 Å². The highest BCUT2D eigenvalue weighted by Gasteiger charge is 2.35. The SMILES string of the molecule is CCCC(C)(CC(O)CC1CCCC1)C(=O)O. The molecule has 17 heavy (non-hydrogen) atoms. The fourth-order valence-electron chi connectivity index (χ4n) is 3.08. The highest BCUT2D eigenvalue weighted by molar-refractivity contribution is 5.74. The number of rotatable bonds is 7. The molecule has 0 aromatic heterocycles. The third kappa shape index (κ3) is 4.30. The molecule has 2 atom stereocenters. The second-order valence-corrected chi connectivity index (χ2v) is 5.86. The quantitative estimate of drug-likeness (QED) is 0.720. The van der Waals surface area contributed by atoms with Gasteiger partial charge >= 0.3 is 5.97 Å². The topological polar surface area (TPSA) is 57.5 Å². The first-order chi connectivity index (χ1) is 7.98. The van der Waals surface area contributed by atoms with Crippen LogP contribution in [0.2, 0.25) is 0 Å². The number of carboxylic acid groups (broad SMARTS) is 1. The van der Waals surface area contributed by atoms with Crippen LogP contribution in [-0.2, 0) is 4.79 Å². The molecule has 100 valence electrons. The van der Waals surface area contributed by atoms with Crippen molar-refractivity contribution in [1.82, 2.24) is 0 Å². The van der Waals surface area contributed by atoms with E-state index >= 15 is 0 Å². The minimum Gasteiger partial charge on any atom is -0.481 e. The Balaban J connectivity index is 2.45. The molecule has 1 saturated carbocycles. The fourth-order valence-corrected chi connectivity index (χ4v) is 3.08. The Morgan fingerprint density at radius 1 is 1.41 bits per heavy atom. The number of carboxylic acids is 1. The molecule has 0 aliphatic heterocycles. The van der Waals surface area contributed by atoms with Gasteiger partial charge in [0.25, 0.3) is 0 Å². The maximum Gasteiger partial charge on any atom is 0.309 e. The van der Waals surface area contributed by atoms with Crippen molar-refractivity contribution in [3.63, 3.8) is 0 Å². The molecule has 2 unspecified atom stereocenters. The number of carbonyl (C=O) groups is 1. The molecule has 0 heterocycles. The van der Waals surface area contributed by atoms with Gasteiger partial charge in [0.15, 0.2) is 0 Å². The average molecular weight is 242 g/mol. The molecule has 0 aromatic rings. The maximum absolute atomic E-state index is 11.3. The number of aliphatic carboxylic acids is 1. The third-order valence-electron chi connectivity index (χ3n) is 4.08. The van der Waals surface area contributed by atoms with E-state index in [0.29, 0.717) is 18.8 Å². The van der Waals surface area contributed by atoms with Gasteiger partial charge in [0, 0.05) is 0 Å². The van der Waals surface area contributed by atoms with E-state index in [1.165, 1.54) is 25.7 Å². The molecule has 1 fully saturated rings. The van der Waals surface area contributed by atoms with E-state index in [-0.39, 0.29) is 0 Å². The summed E-state index contributed by atoms with van der Waals surface area (Å²) in [6, 6.07) is 0. The van der Waals surface area contributed by atoms with Crippen molar-refractivity contribution in [2.75, 3.05) is 0 Å². The fraction of sp³-hybridized carbons (Fsp3) is 0.929. The van der Waals surface area contributed by atoms with E-state index in [1.807, 2.05) is 6.92 Å². The normalized spacial score (nSPS) is 22.3. The van der Waals surface area contributed by atoms with Gasteiger partial charge in [-0.1, -0.05) is 39.0 Å². The molecule has 0 radical (unpaired) electrons. The van der Waals surface area contributed by atoms with Gasteiger partial charge in [-0.3, -0.25) is 4.79 Å². The summed E-state index contributed by atoms with van der Waals surface area (Å²) in [6.45, 7) is 3.75. The van der Waals surface area contributed by atoms with Gasteiger partial charge in [0.2, 0.25) is 0 Å². The number of aliphatic hydroxyl groups excluding tert-OH is 1. The van der Waals surface area contributed by atoms with Crippen LogP contribution in [0, 0.1) is 11.3 Å². The smallest absolute Gasteiger partial charge is 0.309 e. The summed E-state index contributed by atoms with van der Waals surface area (Å²) in [5.41, 5.74) is -0.757. The molecule has 1 aliphatic carbocycles. The number of hydrogen-bond acceptors (Lipinski definition) is 2. The zero-order valence-corrected chi connectivity index (χ0v) is 11.1. The lowest BCUT2D eigenvalue weighted by Crippen LogP contribution is -2.32. The minimum atomic E-state index is -0.773. The lowest BCUT2D eigenvalue weighted by Gasteiger charge is -2.28. The minimum absolute atomic E-state index is 0.396. The van der Waals surface area contributed by atoms with Gasteiger partial charge in [0.1, 0.15) is 0 Å². The van der Waals surface area contributed by atoms with E-state index in [0.717, 1.165) is 12.8 Å². The van der Waals surface area contributed by atoms with Crippen LogP contribution in [0.25, 0.3) is 0 Å². The van der Waals surface area contributed by atoms with Crippen LogP contribution in [0.3, 0.4) is 0 Å². The van der Waals surface area contributed by atoms with Crippen molar-refractivity contribution in [3.05, 3.63) is 0 Å². The Morgan fingerprint density at radius 2 is 2.00 bits per heavy atom. The van der Waals surface area contributed by atoms with Gasteiger partial charge in [-0.15, -0.1) is 0 Å². The van der Waals surface area contributed by atoms with Crippen LogP contribution in [0.4, 0.5) is 0 Å². The summed E-state index contributed by atoms with van der Waals surface area (Å²) in [5.74, 6) is -0.158. The van der Waals surface area contributed by atoms with Crippen LogP contribution in [-0.4, -0.2) is 22.3 Å². The molecule has 3 nitrogen and oxygen atoms in total. The van der Waals surface area contributed by atoms with E-state index < -0.39 is 17.5 Å². The Kier molecular flexibility index (Phi) is 5.44. The van der Waals surface area contributed by atoms with Crippen LogP contribution in [0.5, 0.6) is 0 Å². The Labute approximate surface area is 104 Å². The Bertz CT molecular complexity index is 246. The lowest BCUT2D eigenvalue weighted by atomic mass is 9.79. The summed E-state index contributed by atoms with van der Waals surface area (Å²) in [7, 11) is 0. The predicted octanol–water partition coefficient (Wildman–Crippen LogP) is 3.21. The molecule has 2 N–H and O–H groups in total. The average Bonchev–Trinajstić information content (AvgIpc) is 2.70. The van der Waals surface area contributed by atoms with Crippen molar-refractivity contribution in [2.24, 2.45) is 11.3 Å². The molecular weight excluding hydrogens is 216 g/mol. The van der Waals surface area contributed by atoms with Crippen molar-refractivity contribution in [2.45, 2.75) is 71.3 Å². The zero-order chi connectivity index (χ0) is 12.9. The first-order valence-electron chi connectivity index (χ1n) is 6.89. The molecular formula is C14H26O3. The first kappa shape index (κ1) is 14.5. The van der Waals surface area contributed by atoms with Crippen molar-refractivity contribution >= 4 is 5.97 Å². The Morgan fingerprint density at radius 3 is 2.47 bits per heavy atom. The highest BCUT2D eigenvalue weighted by atomic mass is 16.4. The second kappa shape index (κ2) is 6.39. The summed E-state index contributed by atoms with van der Waals surface area (Å²) >= 11 is 0.